The number of hydrogen-bond acceptors (Lipinski definition) is 3. The maximum atomic E-state index is 12.4. The third-order valence-corrected chi connectivity index (χ3v) is 4.13. The molecule has 0 bridgehead atoms. The monoisotopic (exact) mass is 315 g/mol. The molecule has 1 aliphatic rings. The average molecular weight is 316 g/mol. The van der Waals surface area contributed by atoms with Crippen LogP contribution in [0.2, 0.25) is 10.0 Å². The van der Waals surface area contributed by atoms with Crippen LogP contribution in [0.25, 0.3) is 0 Å². The Balaban J connectivity index is 2.11. The van der Waals surface area contributed by atoms with Gasteiger partial charge in [0.2, 0.25) is 5.91 Å². The van der Waals surface area contributed by atoms with Crippen LogP contribution in [0.1, 0.15) is 17.3 Å². The Labute approximate surface area is 127 Å². The van der Waals surface area contributed by atoms with E-state index in [0.29, 0.717) is 31.7 Å². The summed E-state index contributed by atoms with van der Waals surface area (Å²) in [7, 11) is 0. The third-order valence-electron chi connectivity index (χ3n) is 3.32. The van der Waals surface area contributed by atoms with Gasteiger partial charge >= 0.3 is 0 Å². The van der Waals surface area contributed by atoms with E-state index < -0.39 is 0 Å². The second-order valence-corrected chi connectivity index (χ2v) is 5.44. The minimum atomic E-state index is -0.154. The van der Waals surface area contributed by atoms with Gasteiger partial charge in [-0.2, -0.15) is 0 Å². The lowest BCUT2D eigenvalue weighted by Gasteiger charge is -2.34. The number of carbonyl (C=O) groups is 2. The number of halogens is 2. The summed E-state index contributed by atoms with van der Waals surface area (Å²) in [5.74, 6) is -0.130. The van der Waals surface area contributed by atoms with E-state index in [-0.39, 0.29) is 27.5 Å². The zero-order valence-corrected chi connectivity index (χ0v) is 12.5. The van der Waals surface area contributed by atoms with Crippen molar-refractivity contribution >= 4 is 40.7 Å². The molecule has 1 aliphatic heterocycles. The second kappa shape index (κ2) is 5.89. The summed E-state index contributed by atoms with van der Waals surface area (Å²) in [6.07, 6.45) is 0. The van der Waals surface area contributed by atoms with E-state index in [2.05, 4.69) is 0 Å². The Morgan fingerprint density at radius 1 is 1.10 bits per heavy atom. The summed E-state index contributed by atoms with van der Waals surface area (Å²) in [4.78, 5) is 27.0. The van der Waals surface area contributed by atoms with Gasteiger partial charge < -0.3 is 15.5 Å². The number of nitrogens with two attached hydrogens (primary N) is 1. The second-order valence-electron chi connectivity index (χ2n) is 4.66. The lowest BCUT2D eigenvalue weighted by Crippen LogP contribution is -2.50. The maximum Gasteiger partial charge on any atom is 0.254 e. The summed E-state index contributed by atoms with van der Waals surface area (Å²) in [6.45, 7) is 3.60. The molecule has 1 aromatic carbocycles. The van der Waals surface area contributed by atoms with Gasteiger partial charge in [-0.3, -0.25) is 9.59 Å². The Kier molecular flexibility index (Phi) is 4.40. The first-order valence-electron chi connectivity index (χ1n) is 6.19. The van der Waals surface area contributed by atoms with E-state index >= 15 is 0 Å². The lowest BCUT2D eigenvalue weighted by molar-refractivity contribution is -0.130. The summed E-state index contributed by atoms with van der Waals surface area (Å²) in [5, 5.41) is 0.516. The van der Waals surface area contributed by atoms with Gasteiger partial charge in [-0.25, -0.2) is 0 Å². The normalized spacial score (nSPS) is 15.3. The molecule has 108 valence electrons. The van der Waals surface area contributed by atoms with Crippen molar-refractivity contribution in [2.45, 2.75) is 6.92 Å². The van der Waals surface area contributed by atoms with E-state index in [9.17, 15) is 9.59 Å². The first-order valence-corrected chi connectivity index (χ1v) is 6.95. The molecule has 0 aromatic heterocycles. The SMILES string of the molecule is CC(=O)N1CCN(C(=O)c2cc(N)c(Cl)c(Cl)c2)CC1. The Morgan fingerprint density at radius 2 is 1.65 bits per heavy atom. The Bertz CT molecular complexity index is 532. The van der Waals surface area contributed by atoms with Gasteiger partial charge in [0.05, 0.1) is 15.7 Å². The van der Waals surface area contributed by atoms with Gasteiger partial charge in [0.25, 0.3) is 5.91 Å². The Hall–Kier alpha value is -1.46. The first-order chi connectivity index (χ1) is 9.40. The number of amides is 2. The van der Waals surface area contributed by atoms with Crippen molar-refractivity contribution in [2.24, 2.45) is 0 Å². The molecule has 1 saturated heterocycles. The van der Waals surface area contributed by atoms with Crippen LogP contribution < -0.4 is 5.73 Å². The zero-order valence-electron chi connectivity index (χ0n) is 11.0. The molecule has 7 heteroatoms. The fraction of sp³-hybridized carbons (Fsp3) is 0.385. The molecule has 2 rings (SSSR count). The van der Waals surface area contributed by atoms with Crippen molar-refractivity contribution < 1.29 is 9.59 Å². The number of benzene rings is 1. The molecule has 5 nitrogen and oxygen atoms in total. The van der Waals surface area contributed by atoms with Crippen LogP contribution in [0.3, 0.4) is 0 Å². The minimum absolute atomic E-state index is 0.0240. The number of nitrogen functional groups attached to an aromatic ring is 1. The minimum Gasteiger partial charge on any atom is -0.397 e. The van der Waals surface area contributed by atoms with E-state index in [4.69, 9.17) is 28.9 Å². The van der Waals surface area contributed by atoms with Crippen LogP contribution in [0.4, 0.5) is 5.69 Å². The molecule has 0 aliphatic carbocycles. The predicted octanol–water partition coefficient (Wildman–Crippen LogP) is 1.88. The number of carbonyl (C=O) groups excluding carboxylic acids is 2. The third kappa shape index (κ3) is 2.99. The molecule has 0 spiro atoms. The van der Waals surface area contributed by atoms with Crippen LogP contribution in [-0.2, 0) is 4.79 Å². The fourth-order valence-corrected chi connectivity index (χ4v) is 2.48. The standard InChI is InChI=1S/C13H15Cl2N3O2/c1-8(19)17-2-4-18(5-3-17)13(20)9-6-10(14)12(15)11(16)7-9/h6-7H,2-5,16H2,1H3. The highest BCUT2D eigenvalue weighted by atomic mass is 35.5. The quantitative estimate of drug-likeness (QED) is 0.805. The number of piperazine rings is 1. The summed E-state index contributed by atoms with van der Waals surface area (Å²) >= 11 is 11.8. The highest BCUT2D eigenvalue weighted by molar-refractivity contribution is 6.43. The van der Waals surface area contributed by atoms with Crippen LogP contribution in [0, 0.1) is 0 Å². The van der Waals surface area contributed by atoms with Crippen LogP contribution >= 0.6 is 23.2 Å². The van der Waals surface area contributed by atoms with Gasteiger partial charge in [-0.15, -0.1) is 0 Å². The fourth-order valence-electron chi connectivity index (χ4n) is 2.14. The molecule has 0 unspecified atom stereocenters. The van der Waals surface area contributed by atoms with Crippen molar-refractivity contribution in [1.82, 2.24) is 9.80 Å². The van der Waals surface area contributed by atoms with E-state index in [0.717, 1.165) is 0 Å². The zero-order chi connectivity index (χ0) is 14.9. The van der Waals surface area contributed by atoms with Crippen molar-refractivity contribution in [1.29, 1.82) is 0 Å². The smallest absolute Gasteiger partial charge is 0.254 e. The van der Waals surface area contributed by atoms with Gasteiger partial charge in [-0.1, -0.05) is 23.2 Å². The van der Waals surface area contributed by atoms with Gasteiger partial charge in [0.1, 0.15) is 0 Å². The van der Waals surface area contributed by atoms with Crippen molar-refractivity contribution in [3.8, 4) is 0 Å². The highest BCUT2D eigenvalue weighted by Gasteiger charge is 2.24. The summed E-state index contributed by atoms with van der Waals surface area (Å²) < 4.78 is 0. The van der Waals surface area contributed by atoms with E-state index in [1.165, 1.54) is 19.1 Å². The topological polar surface area (TPSA) is 66.6 Å². The molecule has 1 aromatic rings. The van der Waals surface area contributed by atoms with E-state index in [1.54, 1.807) is 9.80 Å². The maximum absolute atomic E-state index is 12.4. The lowest BCUT2D eigenvalue weighted by atomic mass is 10.1. The first kappa shape index (κ1) is 14.9. The number of hydrogen-bond donors (Lipinski definition) is 1. The summed E-state index contributed by atoms with van der Waals surface area (Å²) in [5.41, 5.74) is 6.40. The highest BCUT2D eigenvalue weighted by Crippen LogP contribution is 2.29. The molecule has 2 N–H and O–H groups in total. The average Bonchev–Trinajstić information content (AvgIpc) is 2.43. The van der Waals surface area contributed by atoms with Crippen LogP contribution in [0.5, 0.6) is 0 Å². The van der Waals surface area contributed by atoms with Gasteiger partial charge in [0, 0.05) is 38.7 Å². The van der Waals surface area contributed by atoms with Crippen LogP contribution in [0.15, 0.2) is 12.1 Å². The largest absolute Gasteiger partial charge is 0.397 e. The Morgan fingerprint density at radius 3 is 2.15 bits per heavy atom. The molecular formula is C13H15Cl2N3O2. The summed E-state index contributed by atoms with van der Waals surface area (Å²) in [6, 6.07) is 3.04. The predicted molar refractivity (Wildman–Crippen MR) is 79.0 cm³/mol. The molecule has 20 heavy (non-hydrogen) atoms. The van der Waals surface area contributed by atoms with E-state index in [1.807, 2.05) is 0 Å². The molecule has 0 saturated carbocycles. The molecule has 1 heterocycles. The number of anilines is 1. The van der Waals surface area contributed by atoms with Gasteiger partial charge in [-0.05, 0) is 12.1 Å². The van der Waals surface area contributed by atoms with Gasteiger partial charge in [0.15, 0.2) is 0 Å². The van der Waals surface area contributed by atoms with Crippen molar-refractivity contribution in [3.63, 3.8) is 0 Å². The van der Waals surface area contributed by atoms with Crippen molar-refractivity contribution in [2.75, 3.05) is 31.9 Å². The van der Waals surface area contributed by atoms with Crippen molar-refractivity contribution in [3.05, 3.63) is 27.7 Å². The molecular weight excluding hydrogens is 301 g/mol. The molecule has 1 fully saturated rings. The number of nitrogens with zero attached hydrogens (tertiary/aromatic N) is 2. The molecule has 0 atom stereocenters. The molecule has 0 radical (unpaired) electrons. The van der Waals surface area contributed by atoms with Crippen LogP contribution in [-0.4, -0.2) is 47.8 Å². The number of rotatable bonds is 1. The molecule has 2 amide bonds.